The molecule has 1 aliphatic rings. The largest absolute Gasteiger partial charge is 0.370 e. The Balaban J connectivity index is 0.00000288. The molecule has 136 valence electrons. The first-order valence-electron chi connectivity index (χ1n) is 8.00. The number of sulfonamides is 1. The maximum Gasteiger partial charge on any atom is 0.208 e. The number of aliphatic imine (C=N–C) groups is 1. The number of hydrogen-bond donors (Lipinski definition) is 3. The van der Waals surface area contributed by atoms with Crippen LogP contribution in [0.5, 0.6) is 0 Å². The van der Waals surface area contributed by atoms with E-state index in [0.29, 0.717) is 12.5 Å². The summed E-state index contributed by atoms with van der Waals surface area (Å²) in [7, 11) is -3.18. The van der Waals surface area contributed by atoms with E-state index < -0.39 is 10.0 Å². The fourth-order valence-electron chi connectivity index (χ4n) is 2.96. The number of anilines is 1. The number of guanidine groups is 1. The third kappa shape index (κ3) is 6.94. The van der Waals surface area contributed by atoms with Crippen LogP contribution in [0.3, 0.4) is 0 Å². The Morgan fingerprint density at radius 2 is 2.12 bits per heavy atom. The molecule has 4 N–H and O–H groups in total. The Labute approximate surface area is 161 Å². The molecule has 2 atom stereocenters. The number of aryl methyl sites for hydroxylation is 1. The minimum atomic E-state index is -3.18. The van der Waals surface area contributed by atoms with Crippen LogP contribution in [0.25, 0.3) is 0 Å². The van der Waals surface area contributed by atoms with Crippen molar-refractivity contribution in [3.8, 4) is 0 Å². The lowest BCUT2D eigenvalue weighted by Gasteiger charge is -2.18. The second kappa shape index (κ2) is 9.57. The molecule has 1 aromatic carbocycles. The number of nitrogens with zero attached hydrogens (tertiary/aromatic N) is 1. The lowest BCUT2D eigenvalue weighted by molar-refractivity contribution is 0.455. The summed E-state index contributed by atoms with van der Waals surface area (Å²) >= 11 is 0. The molecule has 0 radical (unpaired) electrons. The molecule has 6 nitrogen and oxygen atoms in total. The van der Waals surface area contributed by atoms with Gasteiger partial charge in [0.2, 0.25) is 10.0 Å². The molecule has 24 heavy (non-hydrogen) atoms. The van der Waals surface area contributed by atoms with Gasteiger partial charge in [-0.25, -0.2) is 13.1 Å². The number of nitrogens with one attached hydrogen (secondary N) is 2. The van der Waals surface area contributed by atoms with Crippen molar-refractivity contribution in [3.05, 3.63) is 29.8 Å². The Hall–Kier alpha value is -0.870. The molecule has 1 aromatic rings. The summed E-state index contributed by atoms with van der Waals surface area (Å²) in [6.07, 6.45) is 5.00. The molecule has 8 heteroatoms. The minimum absolute atomic E-state index is 0. The summed E-state index contributed by atoms with van der Waals surface area (Å²) in [6.45, 7) is 2.63. The standard InChI is InChI=1S/C16H26N4O2S.HI/c1-3-12-6-4-8-14(10-12)19-16(17)18-11-13-7-5-9-15(13)20-23(2,21)22;/h4,6,8,10,13,15,20H,3,5,7,9,11H2,1-2H3,(H3,17,18,19);1H. The first-order valence-corrected chi connectivity index (χ1v) is 9.89. The van der Waals surface area contributed by atoms with E-state index in [-0.39, 0.29) is 35.9 Å². The van der Waals surface area contributed by atoms with Crippen LogP contribution in [0.15, 0.2) is 29.3 Å². The number of hydrogen-bond acceptors (Lipinski definition) is 3. The Bertz CT molecular complexity index is 664. The number of nitrogens with two attached hydrogens (primary N) is 1. The zero-order valence-corrected chi connectivity index (χ0v) is 17.3. The average molecular weight is 466 g/mol. The quantitative estimate of drug-likeness (QED) is 0.341. The summed E-state index contributed by atoms with van der Waals surface area (Å²) in [5.41, 5.74) is 8.10. The Kier molecular flexibility index (Phi) is 8.44. The van der Waals surface area contributed by atoms with Gasteiger partial charge in [-0.1, -0.05) is 25.5 Å². The van der Waals surface area contributed by atoms with Crippen LogP contribution < -0.4 is 15.8 Å². The predicted molar refractivity (Wildman–Crippen MR) is 110 cm³/mol. The monoisotopic (exact) mass is 466 g/mol. The van der Waals surface area contributed by atoms with Gasteiger partial charge < -0.3 is 11.1 Å². The first-order chi connectivity index (χ1) is 10.9. The fraction of sp³-hybridized carbons (Fsp3) is 0.562. The normalized spacial score (nSPS) is 21.3. The SMILES string of the molecule is CCc1cccc(NC(N)=NCC2CCCC2NS(C)(=O)=O)c1.I. The van der Waals surface area contributed by atoms with E-state index in [4.69, 9.17) is 5.73 Å². The van der Waals surface area contributed by atoms with Gasteiger partial charge in [0, 0.05) is 18.3 Å². The van der Waals surface area contributed by atoms with Crippen LogP contribution >= 0.6 is 24.0 Å². The second-order valence-electron chi connectivity index (χ2n) is 6.09. The molecule has 1 saturated carbocycles. The van der Waals surface area contributed by atoms with E-state index in [1.54, 1.807) is 0 Å². The molecule has 0 amide bonds. The van der Waals surface area contributed by atoms with Crippen molar-refractivity contribution in [2.45, 2.75) is 38.6 Å². The van der Waals surface area contributed by atoms with Crippen LogP contribution in [0.2, 0.25) is 0 Å². The Morgan fingerprint density at radius 1 is 1.38 bits per heavy atom. The highest BCUT2D eigenvalue weighted by Gasteiger charge is 2.29. The van der Waals surface area contributed by atoms with Crippen LogP contribution in [0.1, 0.15) is 31.7 Å². The third-order valence-corrected chi connectivity index (χ3v) is 4.86. The van der Waals surface area contributed by atoms with Gasteiger partial charge in [-0.15, -0.1) is 24.0 Å². The van der Waals surface area contributed by atoms with Gasteiger partial charge in [-0.05, 0) is 42.9 Å². The van der Waals surface area contributed by atoms with Gasteiger partial charge in [-0.3, -0.25) is 4.99 Å². The molecule has 0 bridgehead atoms. The van der Waals surface area contributed by atoms with Crippen molar-refractivity contribution in [2.24, 2.45) is 16.6 Å². The molecule has 0 aliphatic heterocycles. The summed E-state index contributed by atoms with van der Waals surface area (Å²) in [6, 6.07) is 8.01. The summed E-state index contributed by atoms with van der Waals surface area (Å²) in [5, 5.41) is 3.09. The zero-order chi connectivity index (χ0) is 16.9. The summed E-state index contributed by atoms with van der Waals surface area (Å²) in [5.74, 6) is 0.565. The lowest BCUT2D eigenvalue weighted by atomic mass is 10.1. The van der Waals surface area contributed by atoms with Gasteiger partial charge in [0.1, 0.15) is 0 Å². The Morgan fingerprint density at radius 3 is 2.79 bits per heavy atom. The first kappa shape index (κ1) is 21.2. The van der Waals surface area contributed by atoms with Crippen LogP contribution in [-0.2, 0) is 16.4 Å². The van der Waals surface area contributed by atoms with E-state index in [0.717, 1.165) is 31.4 Å². The van der Waals surface area contributed by atoms with Gasteiger partial charge >= 0.3 is 0 Å². The smallest absolute Gasteiger partial charge is 0.208 e. The highest BCUT2D eigenvalue weighted by molar-refractivity contribution is 14.0. The number of halogens is 1. The van der Waals surface area contributed by atoms with Crippen molar-refractivity contribution < 1.29 is 8.42 Å². The van der Waals surface area contributed by atoms with Crippen molar-refractivity contribution in [1.82, 2.24) is 4.72 Å². The molecular formula is C16H27IN4O2S. The van der Waals surface area contributed by atoms with E-state index in [1.165, 1.54) is 11.8 Å². The summed E-state index contributed by atoms with van der Waals surface area (Å²) < 4.78 is 25.5. The molecule has 1 fully saturated rings. The van der Waals surface area contributed by atoms with E-state index in [9.17, 15) is 8.42 Å². The minimum Gasteiger partial charge on any atom is -0.370 e. The molecule has 0 heterocycles. The average Bonchev–Trinajstić information content (AvgIpc) is 2.90. The maximum atomic E-state index is 11.4. The molecule has 2 rings (SSSR count). The molecule has 1 aliphatic carbocycles. The fourth-order valence-corrected chi connectivity index (χ4v) is 3.82. The molecule has 0 saturated heterocycles. The van der Waals surface area contributed by atoms with Crippen LogP contribution in [0, 0.1) is 5.92 Å². The topological polar surface area (TPSA) is 96.6 Å². The van der Waals surface area contributed by atoms with E-state index >= 15 is 0 Å². The zero-order valence-electron chi connectivity index (χ0n) is 14.2. The molecule has 0 aromatic heterocycles. The highest BCUT2D eigenvalue weighted by atomic mass is 127. The molecule has 0 spiro atoms. The lowest BCUT2D eigenvalue weighted by Crippen LogP contribution is -2.38. The van der Waals surface area contributed by atoms with E-state index in [1.807, 2.05) is 18.2 Å². The van der Waals surface area contributed by atoms with E-state index in [2.05, 4.69) is 28.0 Å². The van der Waals surface area contributed by atoms with Crippen molar-refractivity contribution in [1.29, 1.82) is 0 Å². The molecule has 2 unspecified atom stereocenters. The van der Waals surface area contributed by atoms with Crippen LogP contribution in [-0.4, -0.2) is 33.2 Å². The van der Waals surface area contributed by atoms with Gasteiger partial charge in [0.15, 0.2) is 5.96 Å². The van der Waals surface area contributed by atoms with Gasteiger partial charge in [-0.2, -0.15) is 0 Å². The highest BCUT2D eigenvalue weighted by Crippen LogP contribution is 2.26. The second-order valence-corrected chi connectivity index (χ2v) is 7.87. The molecular weight excluding hydrogens is 439 g/mol. The van der Waals surface area contributed by atoms with Crippen molar-refractivity contribution >= 4 is 45.6 Å². The van der Waals surface area contributed by atoms with Crippen molar-refractivity contribution in [3.63, 3.8) is 0 Å². The maximum absolute atomic E-state index is 11.4. The predicted octanol–water partition coefficient (Wildman–Crippen LogP) is 2.31. The van der Waals surface area contributed by atoms with Crippen LogP contribution in [0.4, 0.5) is 5.69 Å². The summed E-state index contributed by atoms with van der Waals surface area (Å²) in [4.78, 5) is 4.39. The van der Waals surface area contributed by atoms with Crippen molar-refractivity contribution in [2.75, 3.05) is 18.1 Å². The number of rotatable bonds is 6. The third-order valence-electron chi connectivity index (χ3n) is 4.13. The van der Waals surface area contributed by atoms with Gasteiger partial charge in [0.05, 0.1) is 6.26 Å². The van der Waals surface area contributed by atoms with Gasteiger partial charge in [0.25, 0.3) is 0 Å². The number of benzene rings is 1.